The Kier molecular flexibility index (Phi) is 3.95. The lowest BCUT2D eigenvalue weighted by molar-refractivity contribution is 0.0600. The number of esters is 1. The Hall–Kier alpha value is -1.31. The van der Waals surface area contributed by atoms with Gasteiger partial charge in [-0.15, -0.1) is 0 Å². The number of hydrogen-bond acceptors (Lipinski definition) is 2. The van der Waals surface area contributed by atoms with Crippen LogP contribution in [0.3, 0.4) is 0 Å². The van der Waals surface area contributed by atoms with Crippen molar-refractivity contribution in [3.05, 3.63) is 35.4 Å². The Morgan fingerprint density at radius 3 is 2.30 bits per heavy atom. The lowest BCUT2D eigenvalue weighted by atomic mass is 9.60. The fourth-order valence-electron chi connectivity index (χ4n) is 4.12. The van der Waals surface area contributed by atoms with Crippen LogP contribution in [0.4, 0.5) is 0 Å². The van der Waals surface area contributed by atoms with Crippen LogP contribution in [-0.4, -0.2) is 13.1 Å². The van der Waals surface area contributed by atoms with Crippen molar-refractivity contribution in [2.45, 2.75) is 52.9 Å². The zero-order chi connectivity index (χ0) is 15.0. The van der Waals surface area contributed by atoms with Crippen molar-refractivity contribution in [1.82, 2.24) is 0 Å². The molecule has 0 atom stereocenters. The minimum atomic E-state index is -0.249. The summed E-state index contributed by atoms with van der Waals surface area (Å²) in [6.07, 6.45) is 3.62. The van der Waals surface area contributed by atoms with Gasteiger partial charge in [-0.3, -0.25) is 0 Å². The molecule has 1 aliphatic carbocycles. The van der Waals surface area contributed by atoms with Gasteiger partial charge in [-0.2, -0.15) is 0 Å². The zero-order valence-electron chi connectivity index (χ0n) is 13.3. The van der Waals surface area contributed by atoms with E-state index in [-0.39, 0.29) is 5.97 Å². The van der Waals surface area contributed by atoms with E-state index in [2.05, 4.69) is 33.8 Å². The lowest BCUT2D eigenvalue weighted by Crippen LogP contribution is -2.32. The predicted molar refractivity (Wildman–Crippen MR) is 81.9 cm³/mol. The van der Waals surface area contributed by atoms with E-state index in [0.29, 0.717) is 22.3 Å². The topological polar surface area (TPSA) is 26.3 Å². The summed E-state index contributed by atoms with van der Waals surface area (Å²) in [6.45, 7) is 9.41. The Balaban J connectivity index is 2.29. The Bertz CT molecular complexity index is 484. The van der Waals surface area contributed by atoms with Gasteiger partial charge in [0.05, 0.1) is 12.7 Å². The molecule has 1 aliphatic rings. The van der Waals surface area contributed by atoms with Crippen LogP contribution in [0.5, 0.6) is 0 Å². The quantitative estimate of drug-likeness (QED) is 0.725. The van der Waals surface area contributed by atoms with E-state index in [1.165, 1.54) is 31.9 Å². The van der Waals surface area contributed by atoms with E-state index in [4.69, 9.17) is 4.74 Å². The summed E-state index contributed by atoms with van der Waals surface area (Å²) in [6, 6.07) is 7.95. The summed E-state index contributed by atoms with van der Waals surface area (Å²) in [5.74, 6) is 0.277. The third-order valence-corrected chi connectivity index (χ3v) is 4.33. The maximum absolute atomic E-state index is 11.7. The minimum Gasteiger partial charge on any atom is -0.465 e. The standard InChI is InChI=1S/C18H26O2/c1-17(2)10-15(11-18(3,4)12-17)13-7-6-8-14(9-13)16(19)20-5/h6-9,15H,10-12H2,1-5H3. The number of carbonyl (C=O) groups excluding carboxylic acids is 1. The molecule has 0 bridgehead atoms. The molecule has 0 aromatic heterocycles. The minimum absolute atomic E-state index is 0.249. The summed E-state index contributed by atoms with van der Waals surface area (Å²) in [5.41, 5.74) is 2.64. The maximum atomic E-state index is 11.7. The van der Waals surface area contributed by atoms with Gasteiger partial charge in [0.2, 0.25) is 0 Å². The van der Waals surface area contributed by atoms with Gasteiger partial charge in [-0.25, -0.2) is 4.79 Å². The molecule has 0 unspecified atom stereocenters. The van der Waals surface area contributed by atoms with E-state index in [0.717, 1.165) is 0 Å². The molecule has 2 rings (SSSR count). The zero-order valence-corrected chi connectivity index (χ0v) is 13.3. The summed E-state index contributed by atoms with van der Waals surface area (Å²) in [7, 11) is 1.43. The second kappa shape index (κ2) is 5.23. The third-order valence-electron chi connectivity index (χ3n) is 4.33. The van der Waals surface area contributed by atoms with Crippen LogP contribution in [-0.2, 0) is 4.74 Å². The average molecular weight is 274 g/mol. The van der Waals surface area contributed by atoms with E-state index in [9.17, 15) is 4.79 Å². The molecule has 0 heterocycles. The molecule has 0 aliphatic heterocycles. The van der Waals surface area contributed by atoms with E-state index >= 15 is 0 Å². The third kappa shape index (κ3) is 3.41. The molecule has 0 amide bonds. The van der Waals surface area contributed by atoms with Gasteiger partial charge in [-0.1, -0.05) is 39.8 Å². The van der Waals surface area contributed by atoms with Crippen LogP contribution < -0.4 is 0 Å². The van der Waals surface area contributed by atoms with Crippen molar-refractivity contribution in [3.63, 3.8) is 0 Å². The number of hydrogen-bond donors (Lipinski definition) is 0. The van der Waals surface area contributed by atoms with Gasteiger partial charge in [0.15, 0.2) is 0 Å². The normalized spacial score (nSPS) is 21.4. The van der Waals surface area contributed by atoms with Crippen LogP contribution in [0, 0.1) is 10.8 Å². The highest BCUT2D eigenvalue weighted by Crippen LogP contribution is 2.51. The largest absolute Gasteiger partial charge is 0.465 e. The van der Waals surface area contributed by atoms with Crippen molar-refractivity contribution in [1.29, 1.82) is 0 Å². The predicted octanol–water partition coefficient (Wildman–Crippen LogP) is 4.79. The smallest absolute Gasteiger partial charge is 0.337 e. The van der Waals surface area contributed by atoms with Gasteiger partial charge in [0.1, 0.15) is 0 Å². The molecule has 1 saturated carbocycles. The first-order valence-corrected chi connectivity index (χ1v) is 7.41. The van der Waals surface area contributed by atoms with Crippen LogP contribution in [0.1, 0.15) is 68.8 Å². The van der Waals surface area contributed by atoms with Gasteiger partial charge in [0, 0.05) is 0 Å². The van der Waals surface area contributed by atoms with Crippen molar-refractivity contribution >= 4 is 5.97 Å². The summed E-state index contributed by atoms with van der Waals surface area (Å²) >= 11 is 0. The molecule has 110 valence electrons. The van der Waals surface area contributed by atoms with Crippen LogP contribution >= 0.6 is 0 Å². The second-order valence-corrected chi connectivity index (χ2v) is 7.73. The van der Waals surface area contributed by atoms with Gasteiger partial charge in [0.25, 0.3) is 0 Å². The number of carbonyl (C=O) groups is 1. The second-order valence-electron chi connectivity index (χ2n) is 7.73. The maximum Gasteiger partial charge on any atom is 0.337 e. The molecular formula is C18H26O2. The number of rotatable bonds is 2. The van der Waals surface area contributed by atoms with Crippen LogP contribution in [0.15, 0.2) is 24.3 Å². The summed E-state index contributed by atoms with van der Waals surface area (Å²) < 4.78 is 4.82. The van der Waals surface area contributed by atoms with E-state index in [1.54, 1.807) is 0 Å². The molecular weight excluding hydrogens is 248 g/mol. The van der Waals surface area contributed by atoms with Crippen LogP contribution in [0.2, 0.25) is 0 Å². The summed E-state index contributed by atoms with van der Waals surface area (Å²) in [4.78, 5) is 11.7. The van der Waals surface area contributed by atoms with Gasteiger partial charge >= 0.3 is 5.97 Å². The summed E-state index contributed by atoms with van der Waals surface area (Å²) in [5, 5.41) is 0. The fraction of sp³-hybridized carbons (Fsp3) is 0.611. The molecule has 2 heteroatoms. The Labute approximate surface area is 122 Å². The first-order chi connectivity index (χ1) is 9.22. The Morgan fingerprint density at radius 2 is 1.75 bits per heavy atom. The molecule has 1 fully saturated rings. The first-order valence-electron chi connectivity index (χ1n) is 7.41. The molecule has 2 nitrogen and oxygen atoms in total. The van der Waals surface area contributed by atoms with Gasteiger partial charge in [-0.05, 0) is 53.7 Å². The molecule has 0 spiro atoms. The highest BCUT2D eigenvalue weighted by atomic mass is 16.5. The highest BCUT2D eigenvalue weighted by Gasteiger charge is 2.38. The molecule has 0 saturated heterocycles. The fourth-order valence-corrected chi connectivity index (χ4v) is 4.12. The van der Waals surface area contributed by atoms with Crippen molar-refractivity contribution < 1.29 is 9.53 Å². The van der Waals surface area contributed by atoms with Crippen LogP contribution in [0.25, 0.3) is 0 Å². The van der Waals surface area contributed by atoms with Crippen molar-refractivity contribution in [2.75, 3.05) is 7.11 Å². The van der Waals surface area contributed by atoms with E-state index in [1.807, 2.05) is 18.2 Å². The lowest BCUT2D eigenvalue weighted by Gasteiger charge is -2.45. The molecule has 0 radical (unpaired) electrons. The molecule has 20 heavy (non-hydrogen) atoms. The van der Waals surface area contributed by atoms with Crippen molar-refractivity contribution in [3.8, 4) is 0 Å². The SMILES string of the molecule is COC(=O)c1cccc(C2CC(C)(C)CC(C)(C)C2)c1. The molecule has 1 aromatic rings. The first kappa shape index (κ1) is 15.1. The highest BCUT2D eigenvalue weighted by molar-refractivity contribution is 5.89. The Morgan fingerprint density at radius 1 is 1.15 bits per heavy atom. The number of ether oxygens (including phenoxy) is 1. The monoisotopic (exact) mass is 274 g/mol. The van der Waals surface area contributed by atoms with Crippen molar-refractivity contribution in [2.24, 2.45) is 10.8 Å². The average Bonchev–Trinajstić information content (AvgIpc) is 2.34. The molecule has 0 N–H and O–H groups in total. The van der Waals surface area contributed by atoms with Gasteiger partial charge < -0.3 is 4.74 Å². The molecule has 1 aromatic carbocycles. The van der Waals surface area contributed by atoms with E-state index < -0.39 is 0 Å². The number of methoxy groups -OCH3 is 1. The number of benzene rings is 1.